The summed E-state index contributed by atoms with van der Waals surface area (Å²) in [5.41, 5.74) is 1.24. The van der Waals surface area contributed by atoms with Gasteiger partial charge in [0.15, 0.2) is 0 Å². The van der Waals surface area contributed by atoms with Gasteiger partial charge in [-0.1, -0.05) is 19.1 Å². The average Bonchev–Trinajstić information content (AvgIpc) is 3.04. The maximum absolute atomic E-state index is 13.2. The first-order valence-electron chi connectivity index (χ1n) is 8.60. The zero-order valence-electron chi connectivity index (χ0n) is 14.9. The van der Waals surface area contributed by atoms with E-state index in [1.807, 2.05) is 32.0 Å². The number of benzene rings is 1. The summed E-state index contributed by atoms with van der Waals surface area (Å²) in [5, 5.41) is 4.21. The SMILES string of the molecule is CC[C@H](C(=O)N1CCO[C@](C)(c2cnn(C)c2)C1)c1ccc(F)cc1. The molecule has 1 aliphatic rings. The van der Waals surface area contributed by atoms with Crippen molar-refractivity contribution >= 4 is 5.91 Å². The highest BCUT2D eigenvalue weighted by Crippen LogP contribution is 2.31. The molecule has 0 spiro atoms. The minimum atomic E-state index is -0.566. The highest BCUT2D eigenvalue weighted by Gasteiger charge is 2.38. The van der Waals surface area contributed by atoms with Crippen LogP contribution >= 0.6 is 0 Å². The van der Waals surface area contributed by atoms with E-state index in [-0.39, 0.29) is 17.6 Å². The Morgan fingerprint density at radius 3 is 2.72 bits per heavy atom. The molecule has 1 fully saturated rings. The molecule has 0 bridgehead atoms. The van der Waals surface area contributed by atoms with Crippen molar-refractivity contribution in [2.75, 3.05) is 19.7 Å². The second kappa shape index (κ2) is 6.96. The number of nitrogens with zero attached hydrogens (tertiary/aromatic N) is 3. The van der Waals surface area contributed by atoms with E-state index < -0.39 is 5.60 Å². The molecular formula is C19H24FN3O2. The van der Waals surface area contributed by atoms with Crippen LogP contribution in [-0.4, -0.2) is 40.3 Å². The second-order valence-electron chi connectivity index (χ2n) is 6.75. The predicted octanol–water partition coefficient (Wildman–Crippen LogP) is 2.83. The van der Waals surface area contributed by atoms with E-state index in [0.29, 0.717) is 26.1 Å². The molecule has 134 valence electrons. The van der Waals surface area contributed by atoms with E-state index >= 15 is 0 Å². The zero-order valence-corrected chi connectivity index (χ0v) is 14.9. The summed E-state index contributed by atoms with van der Waals surface area (Å²) in [6.45, 7) is 5.49. The molecule has 1 aromatic heterocycles. The zero-order chi connectivity index (χ0) is 18.0. The number of amides is 1. The molecule has 1 amide bonds. The highest BCUT2D eigenvalue weighted by atomic mass is 19.1. The van der Waals surface area contributed by atoms with Crippen LogP contribution in [0.15, 0.2) is 36.7 Å². The maximum atomic E-state index is 13.2. The highest BCUT2D eigenvalue weighted by molar-refractivity contribution is 5.84. The first-order chi connectivity index (χ1) is 11.9. The Labute approximate surface area is 147 Å². The van der Waals surface area contributed by atoms with Gasteiger partial charge in [-0.05, 0) is 31.0 Å². The average molecular weight is 345 g/mol. The number of halogens is 1. The van der Waals surface area contributed by atoms with Gasteiger partial charge in [0.25, 0.3) is 0 Å². The summed E-state index contributed by atoms with van der Waals surface area (Å²) >= 11 is 0. The smallest absolute Gasteiger partial charge is 0.230 e. The van der Waals surface area contributed by atoms with Crippen LogP contribution in [0.4, 0.5) is 4.39 Å². The van der Waals surface area contributed by atoms with Crippen LogP contribution in [0.3, 0.4) is 0 Å². The Kier molecular flexibility index (Phi) is 4.90. The maximum Gasteiger partial charge on any atom is 0.230 e. The number of aromatic nitrogens is 2. The van der Waals surface area contributed by atoms with Crippen LogP contribution in [-0.2, 0) is 22.2 Å². The number of ether oxygens (including phenoxy) is 1. The molecule has 25 heavy (non-hydrogen) atoms. The number of morpholine rings is 1. The Morgan fingerprint density at radius 1 is 1.40 bits per heavy atom. The monoisotopic (exact) mass is 345 g/mol. The van der Waals surface area contributed by atoms with Gasteiger partial charge in [0, 0.05) is 25.4 Å². The topological polar surface area (TPSA) is 47.4 Å². The van der Waals surface area contributed by atoms with Crippen molar-refractivity contribution in [3.05, 3.63) is 53.6 Å². The lowest BCUT2D eigenvalue weighted by molar-refractivity contribution is -0.151. The fraction of sp³-hybridized carbons (Fsp3) is 0.474. The molecule has 6 heteroatoms. The number of hydrogen-bond acceptors (Lipinski definition) is 3. The molecule has 2 aromatic rings. The van der Waals surface area contributed by atoms with Gasteiger partial charge in [0.1, 0.15) is 11.4 Å². The lowest BCUT2D eigenvalue weighted by Crippen LogP contribution is -2.51. The molecular weight excluding hydrogens is 321 g/mol. The van der Waals surface area contributed by atoms with E-state index in [2.05, 4.69) is 5.10 Å². The van der Waals surface area contributed by atoms with Crippen LogP contribution in [0.5, 0.6) is 0 Å². The molecule has 1 saturated heterocycles. The van der Waals surface area contributed by atoms with E-state index in [4.69, 9.17) is 4.74 Å². The number of carbonyl (C=O) groups is 1. The summed E-state index contributed by atoms with van der Waals surface area (Å²) < 4.78 is 20.9. The van der Waals surface area contributed by atoms with Crippen LogP contribution < -0.4 is 0 Å². The van der Waals surface area contributed by atoms with E-state index in [1.165, 1.54) is 12.1 Å². The molecule has 5 nitrogen and oxygen atoms in total. The van der Waals surface area contributed by atoms with E-state index in [1.54, 1.807) is 23.0 Å². The van der Waals surface area contributed by atoms with Crippen molar-refractivity contribution in [3.8, 4) is 0 Å². The van der Waals surface area contributed by atoms with Crippen molar-refractivity contribution in [3.63, 3.8) is 0 Å². The van der Waals surface area contributed by atoms with E-state index in [9.17, 15) is 9.18 Å². The molecule has 3 rings (SSSR count). The van der Waals surface area contributed by atoms with Crippen LogP contribution in [0.2, 0.25) is 0 Å². The van der Waals surface area contributed by atoms with Gasteiger partial charge in [-0.2, -0.15) is 5.10 Å². The van der Waals surface area contributed by atoms with Crippen molar-refractivity contribution < 1.29 is 13.9 Å². The molecule has 0 N–H and O–H groups in total. The van der Waals surface area contributed by atoms with Crippen molar-refractivity contribution in [2.45, 2.75) is 31.8 Å². The van der Waals surface area contributed by atoms with Crippen LogP contribution in [0, 0.1) is 5.82 Å². The van der Waals surface area contributed by atoms with Gasteiger partial charge in [0.05, 0.1) is 25.3 Å². The molecule has 2 atom stereocenters. The lowest BCUT2D eigenvalue weighted by atomic mass is 9.92. The third-order valence-corrected chi connectivity index (χ3v) is 4.88. The predicted molar refractivity (Wildman–Crippen MR) is 92.5 cm³/mol. The van der Waals surface area contributed by atoms with Gasteiger partial charge in [-0.3, -0.25) is 9.48 Å². The standard InChI is InChI=1S/C19H24FN3O2/c1-4-17(14-5-7-16(20)8-6-14)18(24)23-9-10-25-19(2,13-23)15-11-21-22(3)12-15/h5-8,11-12,17H,4,9-10,13H2,1-3H3/t17-,19-/m0/s1. The fourth-order valence-electron chi connectivity index (χ4n) is 3.40. The minimum Gasteiger partial charge on any atom is -0.367 e. The Hall–Kier alpha value is -2.21. The summed E-state index contributed by atoms with van der Waals surface area (Å²) in [5.74, 6) is -0.494. The molecule has 0 unspecified atom stereocenters. The quantitative estimate of drug-likeness (QED) is 0.856. The molecule has 0 aliphatic carbocycles. The van der Waals surface area contributed by atoms with Crippen LogP contribution in [0.25, 0.3) is 0 Å². The summed E-state index contributed by atoms with van der Waals surface area (Å²) in [6, 6.07) is 6.21. The number of carbonyl (C=O) groups excluding carboxylic acids is 1. The summed E-state index contributed by atoms with van der Waals surface area (Å²) in [6.07, 6.45) is 4.38. The number of aryl methyl sites for hydroxylation is 1. The lowest BCUT2D eigenvalue weighted by Gasteiger charge is -2.41. The Morgan fingerprint density at radius 2 is 2.12 bits per heavy atom. The van der Waals surface area contributed by atoms with Crippen molar-refractivity contribution in [2.24, 2.45) is 7.05 Å². The first-order valence-corrected chi connectivity index (χ1v) is 8.60. The first kappa shape index (κ1) is 17.6. The number of rotatable bonds is 4. The third-order valence-electron chi connectivity index (χ3n) is 4.88. The van der Waals surface area contributed by atoms with Gasteiger partial charge >= 0.3 is 0 Å². The second-order valence-corrected chi connectivity index (χ2v) is 6.75. The summed E-state index contributed by atoms with van der Waals surface area (Å²) in [4.78, 5) is 14.9. The number of hydrogen-bond donors (Lipinski definition) is 0. The molecule has 0 saturated carbocycles. The molecule has 1 aliphatic heterocycles. The van der Waals surface area contributed by atoms with Gasteiger partial charge in [0.2, 0.25) is 5.91 Å². The largest absolute Gasteiger partial charge is 0.367 e. The third kappa shape index (κ3) is 3.58. The Balaban J connectivity index is 1.80. The summed E-state index contributed by atoms with van der Waals surface area (Å²) in [7, 11) is 1.86. The Bertz CT molecular complexity index is 743. The normalized spacial score (nSPS) is 22.0. The molecule has 1 aromatic carbocycles. The minimum absolute atomic E-state index is 0.0625. The molecule has 0 radical (unpaired) electrons. The molecule has 2 heterocycles. The van der Waals surface area contributed by atoms with Crippen molar-refractivity contribution in [1.29, 1.82) is 0 Å². The van der Waals surface area contributed by atoms with Crippen molar-refractivity contribution in [1.82, 2.24) is 14.7 Å². The van der Waals surface area contributed by atoms with E-state index in [0.717, 1.165) is 11.1 Å². The van der Waals surface area contributed by atoms with Gasteiger partial charge < -0.3 is 9.64 Å². The van der Waals surface area contributed by atoms with Crippen LogP contribution in [0.1, 0.15) is 37.3 Å². The fourth-order valence-corrected chi connectivity index (χ4v) is 3.40. The van der Waals surface area contributed by atoms with Gasteiger partial charge in [-0.25, -0.2) is 4.39 Å². The van der Waals surface area contributed by atoms with Gasteiger partial charge in [-0.15, -0.1) is 0 Å².